The molecular formula is C20H23ClF4N2O2. The average molecular weight is 435 g/mol. The second kappa shape index (κ2) is 10.9. The number of epoxide rings is 1. The van der Waals surface area contributed by atoms with Crippen LogP contribution in [0.25, 0.3) is 0 Å². The fraction of sp³-hybridized carbons (Fsp3) is 0.400. The fourth-order valence-corrected chi connectivity index (χ4v) is 2.92. The van der Waals surface area contributed by atoms with Gasteiger partial charge in [0.1, 0.15) is 23.3 Å². The first kappa shape index (κ1) is 23.6. The van der Waals surface area contributed by atoms with Crippen LogP contribution in [0.1, 0.15) is 11.1 Å². The summed E-state index contributed by atoms with van der Waals surface area (Å²) in [5, 5.41) is 9.28. The number of aliphatic hydroxyl groups is 1. The lowest BCUT2D eigenvalue weighted by molar-refractivity contribution is 0.166. The normalized spacial score (nSPS) is 18.4. The van der Waals surface area contributed by atoms with Gasteiger partial charge in [0.2, 0.25) is 0 Å². The molecule has 1 aliphatic heterocycles. The highest BCUT2D eigenvalue weighted by atomic mass is 35.5. The molecule has 2 aromatic rings. The maximum atomic E-state index is 12.8. The lowest BCUT2D eigenvalue weighted by Crippen LogP contribution is -2.37. The molecule has 1 fully saturated rings. The molecule has 5 N–H and O–H groups in total. The molecule has 0 aliphatic carbocycles. The highest BCUT2D eigenvalue weighted by Gasteiger charge is 2.29. The van der Waals surface area contributed by atoms with E-state index < -0.39 is 35.4 Å². The molecule has 29 heavy (non-hydrogen) atoms. The van der Waals surface area contributed by atoms with Gasteiger partial charge in [-0.15, -0.1) is 11.6 Å². The smallest absolute Gasteiger partial charge is 0.126 e. The molecule has 4 nitrogen and oxygen atoms in total. The minimum absolute atomic E-state index is 0.00103. The van der Waals surface area contributed by atoms with Crippen LogP contribution in [0.15, 0.2) is 36.4 Å². The van der Waals surface area contributed by atoms with Gasteiger partial charge in [0.15, 0.2) is 0 Å². The molecule has 0 amide bonds. The van der Waals surface area contributed by atoms with E-state index in [0.717, 1.165) is 12.1 Å². The summed E-state index contributed by atoms with van der Waals surface area (Å²) in [5.41, 5.74) is 12.3. The number of rotatable bonds is 7. The number of hydrogen-bond donors (Lipinski definition) is 3. The lowest BCUT2D eigenvalue weighted by atomic mass is 10.0. The highest BCUT2D eigenvalue weighted by Crippen LogP contribution is 2.17. The first-order valence-electron chi connectivity index (χ1n) is 8.94. The Hall–Kier alpha value is -1.71. The highest BCUT2D eigenvalue weighted by molar-refractivity contribution is 6.18. The molecule has 0 spiro atoms. The zero-order valence-electron chi connectivity index (χ0n) is 15.5. The van der Waals surface area contributed by atoms with Crippen molar-refractivity contribution in [3.8, 4) is 0 Å². The molecule has 1 aliphatic rings. The molecule has 0 radical (unpaired) electrons. The second-order valence-electron chi connectivity index (χ2n) is 6.88. The number of nitrogens with two attached hydrogens (primary N) is 2. The van der Waals surface area contributed by atoms with E-state index in [9.17, 15) is 22.7 Å². The molecule has 1 heterocycles. The third kappa shape index (κ3) is 8.28. The summed E-state index contributed by atoms with van der Waals surface area (Å²) < 4.78 is 56.1. The quantitative estimate of drug-likeness (QED) is 0.355. The Labute approximate surface area is 171 Å². The molecule has 160 valence electrons. The van der Waals surface area contributed by atoms with E-state index in [1.807, 2.05) is 0 Å². The van der Waals surface area contributed by atoms with E-state index in [1.54, 1.807) is 0 Å². The third-order valence-electron chi connectivity index (χ3n) is 4.28. The number of benzene rings is 2. The lowest BCUT2D eigenvalue weighted by Gasteiger charge is -2.16. The van der Waals surface area contributed by atoms with Crippen LogP contribution in [0.3, 0.4) is 0 Å². The molecule has 0 aromatic heterocycles. The Morgan fingerprint density at radius 1 is 0.897 bits per heavy atom. The third-order valence-corrected chi connectivity index (χ3v) is 4.59. The minimum atomic E-state index is -0.877. The van der Waals surface area contributed by atoms with Gasteiger partial charge in [-0.3, -0.25) is 0 Å². The summed E-state index contributed by atoms with van der Waals surface area (Å²) in [5.74, 6) is -2.44. The summed E-state index contributed by atoms with van der Waals surface area (Å²) in [6.07, 6.45) is -0.193. The largest absolute Gasteiger partial charge is 0.390 e. The van der Waals surface area contributed by atoms with Crippen molar-refractivity contribution in [2.24, 2.45) is 11.5 Å². The first-order chi connectivity index (χ1) is 13.7. The standard InChI is InChI=1S/C10H12ClF2NO.C10H11F2NO/c11-5-10(15)9(14)3-6-1-7(12)4-8(13)2-6;11-7-1-6(2-8(12)4-7)3-9(13)10-5-14-10/h1-2,4,9-10,15H,3,5,14H2;1-2,4,9-10H,3,5,13H2/t2*9-,10+/m00/s1. The van der Waals surface area contributed by atoms with Gasteiger partial charge in [-0.05, 0) is 48.2 Å². The van der Waals surface area contributed by atoms with E-state index in [2.05, 4.69) is 0 Å². The summed E-state index contributed by atoms with van der Waals surface area (Å²) in [7, 11) is 0. The van der Waals surface area contributed by atoms with E-state index in [0.29, 0.717) is 24.2 Å². The molecule has 1 saturated heterocycles. The predicted octanol–water partition coefficient (Wildman–Crippen LogP) is 2.67. The summed E-state index contributed by atoms with van der Waals surface area (Å²) in [6.45, 7) is 0.652. The van der Waals surface area contributed by atoms with Crippen LogP contribution in [-0.2, 0) is 17.6 Å². The number of halogens is 5. The zero-order valence-corrected chi connectivity index (χ0v) is 16.3. The van der Waals surface area contributed by atoms with Gasteiger partial charge < -0.3 is 21.3 Å². The maximum absolute atomic E-state index is 12.8. The molecular weight excluding hydrogens is 412 g/mol. The number of ether oxygens (including phenoxy) is 1. The Kier molecular flexibility index (Phi) is 8.85. The fourth-order valence-electron chi connectivity index (χ4n) is 2.69. The molecule has 2 aromatic carbocycles. The Morgan fingerprint density at radius 3 is 1.69 bits per heavy atom. The predicted molar refractivity (Wildman–Crippen MR) is 103 cm³/mol. The summed E-state index contributed by atoms with van der Waals surface area (Å²) in [6, 6.07) is 5.81. The van der Waals surface area contributed by atoms with Gasteiger partial charge in [0, 0.05) is 30.1 Å². The monoisotopic (exact) mass is 434 g/mol. The van der Waals surface area contributed by atoms with Crippen molar-refractivity contribution in [1.29, 1.82) is 0 Å². The topological polar surface area (TPSA) is 84.8 Å². The van der Waals surface area contributed by atoms with Gasteiger partial charge >= 0.3 is 0 Å². The second-order valence-corrected chi connectivity index (χ2v) is 7.19. The van der Waals surface area contributed by atoms with Crippen LogP contribution in [0.2, 0.25) is 0 Å². The molecule has 0 unspecified atom stereocenters. The summed E-state index contributed by atoms with van der Waals surface area (Å²) >= 11 is 5.40. The van der Waals surface area contributed by atoms with Gasteiger partial charge in [0.25, 0.3) is 0 Å². The first-order valence-corrected chi connectivity index (χ1v) is 9.48. The van der Waals surface area contributed by atoms with Crippen molar-refractivity contribution in [1.82, 2.24) is 0 Å². The minimum Gasteiger partial charge on any atom is -0.390 e. The SMILES string of the molecule is N[C@@H](Cc1cc(F)cc(F)c1)[C@H](O)CCl.N[C@@H](Cc1cc(F)cc(F)c1)[C@H]1CO1. The van der Waals surface area contributed by atoms with Crippen LogP contribution in [0, 0.1) is 23.3 Å². The summed E-state index contributed by atoms with van der Waals surface area (Å²) in [4.78, 5) is 0. The van der Waals surface area contributed by atoms with Crippen molar-refractivity contribution in [3.63, 3.8) is 0 Å². The average Bonchev–Trinajstić information content (AvgIpc) is 3.44. The van der Waals surface area contributed by atoms with Crippen LogP contribution in [0.5, 0.6) is 0 Å². The molecule has 4 atom stereocenters. The van der Waals surface area contributed by atoms with Gasteiger partial charge in [-0.1, -0.05) is 0 Å². The Bertz CT molecular complexity index is 768. The number of hydrogen-bond acceptors (Lipinski definition) is 4. The van der Waals surface area contributed by atoms with Crippen molar-refractivity contribution >= 4 is 11.6 Å². The van der Waals surface area contributed by atoms with Crippen LogP contribution < -0.4 is 11.5 Å². The van der Waals surface area contributed by atoms with E-state index in [1.165, 1.54) is 24.3 Å². The van der Waals surface area contributed by atoms with Crippen molar-refractivity contribution < 1.29 is 27.4 Å². The van der Waals surface area contributed by atoms with E-state index in [-0.39, 0.29) is 24.4 Å². The van der Waals surface area contributed by atoms with Gasteiger partial charge in [-0.2, -0.15) is 0 Å². The Balaban J connectivity index is 0.000000207. The van der Waals surface area contributed by atoms with Crippen LogP contribution >= 0.6 is 11.6 Å². The maximum Gasteiger partial charge on any atom is 0.126 e. The van der Waals surface area contributed by atoms with Gasteiger partial charge in [-0.25, -0.2) is 17.6 Å². The molecule has 0 saturated carbocycles. The number of alkyl halides is 1. The van der Waals surface area contributed by atoms with Crippen molar-refractivity contribution in [2.75, 3.05) is 12.5 Å². The van der Waals surface area contributed by atoms with Crippen molar-refractivity contribution in [3.05, 3.63) is 70.8 Å². The molecule has 0 bridgehead atoms. The van der Waals surface area contributed by atoms with Crippen LogP contribution in [-0.4, -0.2) is 41.9 Å². The molecule has 9 heteroatoms. The van der Waals surface area contributed by atoms with Gasteiger partial charge in [0.05, 0.1) is 18.8 Å². The Morgan fingerprint density at radius 2 is 1.31 bits per heavy atom. The van der Waals surface area contributed by atoms with E-state index >= 15 is 0 Å². The van der Waals surface area contributed by atoms with Crippen LogP contribution in [0.4, 0.5) is 17.6 Å². The van der Waals surface area contributed by atoms with E-state index in [4.69, 9.17) is 27.8 Å². The zero-order chi connectivity index (χ0) is 21.6. The molecule has 3 rings (SSSR count). The number of aliphatic hydroxyl groups excluding tert-OH is 1. The van der Waals surface area contributed by atoms with Crippen molar-refractivity contribution in [2.45, 2.75) is 37.1 Å².